The van der Waals surface area contributed by atoms with E-state index in [9.17, 15) is 9.59 Å². The van der Waals surface area contributed by atoms with Crippen molar-refractivity contribution in [2.45, 2.75) is 19.9 Å². The summed E-state index contributed by atoms with van der Waals surface area (Å²) in [6, 6.07) is 1.59. The number of carbonyl (C=O) groups excluding carboxylic acids is 2. The minimum atomic E-state index is -0.328. The largest absolute Gasteiger partial charge is 0.493 e. The van der Waals surface area contributed by atoms with Crippen LogP contribution in [0.4, 0.5) is 0 Å². The van der Waals surface area contributed by atoms with E-state index in [0.29, 0.717) is 28.4 Å². The van der Waals surface area contributed by atoms with Crippen molar-refractivity contribution < 1.29 is 23.8 Å². The minimum Gasteiger partial charge on any atom is -0.493 e. The summed E-state index contributed by atoms with van der Waals surface area (Å²) in [5, 5.41) is 0. The maximum absolute atomic E-state index is 12.3. The van der Waals surface area contributed by atoms with Crippen molar-refractivity contribution in [3.63, 3.8) is 0 Å². The Morgan fingerprint density at radius 3 is 2.35 bits per heavy atom. The quantitative estimate of drug-likeness (QED) is 0.837. The lowest BCUT2D eigenvalue weighted by Crippen LogP contribution is -2.30. The molecular formula is C14H17NO5. The molecule has 108 valence electrons. The van der Waals surface area contributed by atoms with Crippen molar-refractivity contribution in [3.8, 4) is 17.2 Å². The Kier molecular flexibility index (Phi) is 3.83. The number of carbonyl (C=O) groups is 2. The highest BCUT2D eigenvalue weighted by molar-refractivity contribution is 6.09. The number of rotatable bonds is 4. The third kappa shape index (κ3) is 1.97. The normalized spacial score (nSPS) is 13.2. The molecule has 1 aromatic rings. The molecule has 1 aliphatic heterocycles. The van der Waals surface area contributed by atoms with Crippen molar-refractivity contribution in [1.29, 1.82) is 0 Å². The first-order chi connectivity index (χ1) is 9.58. The lowest BCUT2D eigenvalue weighted by molar-refractivity contribution is -0.128. The summed E-state index contributed by atoms with van der Waals surface area (Å²) in [6.45, 7) is 1.92. The van der Waals surface area contributed by atoms with Gasteiger partial charge in [-0.05, 0) is 6.07 Å². The molecule has 20 heavy (non-hydrogen) atoms. The van der Waals surface area contributed by atoms with Crippen molar-refractivity contribution in [1.82, 2.24) is 4.90 Å². The van der Waals surface area contributed by atoms with Gasteiger partial charge in [0.25, 0.3) is 5.91 Å². The van der Waals surface area contributed by atoms with Crippen LogP contribution in [0.3, 0.4) is 0 Å². The van der Waals surface area contributed by atoms with Crippen LogP contribution in [0.5, 0.6) is 17.2 Å². The van der Waals surface area contributed by atoms with Crippen LogP contribution in [0.2, 0.25) is 0 Å². The number of methoxy groups -OCH3 is 3. The number of nitrogens with zero attached hydrogens (tertiary/aromatic N) is 1. The molecule has 6 nitrogen and oxygen atoms in total. The second kappa shape index (κ2) is 5.40. The van der Waals surface area contributed by atoms with Gasteiger partial charge in [-0.1, -0.05) is 6.92 Å². The van der Waals surface area contributed by atoms with Crippen LogP contribution in [0, 0.1) is 0 Å². The van der Waals surface area contributed by atoms with E-state index in [-0.39, 0.29) is 24.8 Å². The first kappa shape index (κ1) is 14.2. The topological polar surface area (TPSA) is 65.1 Å². The number of ether oxygens (including phenoxy) is 3. The molecule has 6 heteroatoms. The van der Waals surface area contributed by atoms with E-state index < -0.39 is 0 Å². The van der Waals surface area contributed by atoms with Crippen molar-refractivity contribution in [2.75, 3.05) is 21.3 Å². The summed E-state index contributed by atoms with van der Waals surface area (Å²) in [7, 11) is 4.48. The molecule has 0 saturated heterocycles. The number of hydrogen-bond donors (Lipinski definition) is 0. The van der Waals surface area contributed by atoms with Crippen LogP contribution in [-0.4, -0.2) is 38.0 Å². The fourth-order valence-corrected chi connectivity index (χ4v) is 2.33. The molecule has 0 saturated carbocycles. The van der Waals surface area contributed by atoms with Crippen LogP contribution in [-0.2, 0) is 11.3 Å². The van der Waals surface area contributed by atoms with Gasteiger partial charge in [0.05, 0.1) is 33.4 Å². The second-order valence-corrected chi connectivity index (χ2v) is 4.31. The molecule has 2 amide bonds. The molecule has 0 N–H and O–H groups in total. The summed E-state index contributed by atoms with van der Waals surface area (Å²) in [5.74, 6) is 0.716. The molecule has 1 aromatic carbocycles. The van der Waals surface area contributed by atoms with Gasteiger partial charge in [0.2, 0.25) is 11.7 Å². The molecule has 0 aromatic heterocycles. The summed E-state index contributed by atoms with van der Waals surface area (Å²) in [5.41, 5.74) is 1.07. The van der Waals surface area contributed by atoms with Crippen molar-refractivity contribution >= 4 is 11.8 Å². The van der Waals surface area contributed by atoms with E-state index in [1.165, 1.54) is 26.2 Å². The van der Waals surface area contributed by atoms with Gasteiger partial charge in [0.1, 0.15) is 0 Å². The van der Waals surface area contributed by atoms with Gasteiger partial charge in [-0.3, -0.25) is 14.5 Å². The van der Waals surface area contributed by atoms with E-state index in [4.69, 9.17) is 14.2 Å². The zero-order valence-corrected chi connectivity index (χ0v) is 12.0. The van der Waals surface area contributed by atoms with E-state index in [0.717, 1.165) is 0 Å². The van der Waals surface area contributed by atoms with Crippen molar-refractivity contribution in [3.05, 3.63) is 17.2 Å². The predicted molar refractivity (Wildman–Crippen MR) is 71.3 cm³/mol. The average molecular weight is 279 g/mol. The van der Waals surface area contributed by atoms with E-state index in [1.54, 1.807) is 13.0 Å². The molecule has 1 aliphatic rings. The second-order valence-electron chi connectivity index (χ2n) is 4.31. The Balaban J connectivity index is 2.59. The highest BCUT2D eigenvalue weighted by Gasteiger charge is 2.36. The first-order valence-corrected chi connectivity index (χ1v) is 6.25. The zero-order chi connectivity index (χ0) is 14.9. The van der Waals surface area contributed by atoms with Crippen molar-refractivity contribution in [2.24, 2.45) is 0 Å². The Hall–Kier alpha value is -2.24. The summed E-state index contributed by atoms with van der Waals surface area (Å²) in [6.07, 6.45) is 0.274. The Morgan fingerprint density at radius 1 is 1.20 bits per heavy atom. The highest BCUT2D eigenvalue weighted by atomic mass is 16.5. The third-order valence-corrected chi connectivity index (χ3v) is 3.33. The summed E-state index contributed by atoms with van der Waals surface area (Å²) >= 11 is 0. The molecule has 0 aliphatic carbocycles. The number of fused-ring (bicyclic) bond motifs is 1. The Morgan fingerprint density at radius 2 is 1.85 bits per heavy atom. The van der Waals surface area contributed by atoms with Gasteiger partial charge in [0.15, 0.2) is 11.5 Å². The molecule has 0 bridgehead atoms. The van der Waals surface area contributed by atoms with E-state index >= 15 is 0 Å². The molecule has 0 spiro atoms. The molecule has 2 rings (SSSR count). The third-order valence-electron chi connectivity index (χ3n) is 3.33. The lowest BCUT2D eigenvalue weighted by atomic mass is 10.1. The van der Waals surface area contributed by atoms with E-state index in [1.807, 2.05) is 0 Å². The number of imide groups is 1. The maximum Gasteiger partial charge on any atom is 0.261 e. The van der Waals surface area contributed by atoms with E-state index in [2.05, 4.69) is 0 Å². The monoisotopic (exact) mass is 279 g/mol. The van der Waals surface area contributed by atoms with Gasteiger partial charge in [-0.2, -0.15) is 0 Å². The first-order valence-electron chi connectivity index (χ1n) is 6.25. The fourth-order valence-electron chi connectivity index (χ4n) is 2.33. The van der Waals surface area contributed by atoms with Crippen LogP contribution in [0.25, 0.3) is 0 Å². The molecule has 0 atom stereocenters. The van der Waals surface area contributed by atoms with Crippen LogP contribution in [0.1, 0.15) is 29.3 Å². The molecule has 0 unspecified atom stereocenters. The van der Waals surface area contributed by atoms with Gasteiger partial charge in [0, 0.05) is 12.0 Å². The SMILES string of the molecule is CCC(=O)N1Cc2c(cc(OC)c(OC)c2OC)C1=O. The Bertz CT molecular complexity index is 567. The van der Waals surface area contributed by atoms with Crippen LogP contribution < -0.4 is 14.2 Å². The molecular weight excluding hydrogens is 262 g/mol. The standard InChI is InChI=1S/C14H17NO5/c1-5-11(16)15-7-9-8(14(15)17)6-10(18-2)13(20-4)12(9)19-3/h6H,5,7H2,1-4H3. The fraction of sp³-hybridized carbons (Fsp3) is 0.429. The van der Waals surface area contributed by atoms with Gasteiger partial charge in [-0.25, -0.2) is 0 Å². The van der Waals surface area contributed by atoms with Gasteiger partial charge < -0.3 is 14.2 Å². The van der Waals surface area contributed by atoms with Crippen LogP contribution in [0.15, 0.2) is 6.07 Å². The maximum atomic E-state index is 12.3. The van der Waals surface area contributed by atoms with Gasteiger partial charge >= 0.3 is 0 Å². The molecule has 1 heterocycles. The summed E-state index contributed by atoms with van der Waals surface area (Å²) < 4.78 is 15.8. The number of benzene rings is 1. The number of hydrogen-bond acceptors (Lipinski definition) is 5. The smallest absolute Gasteiger partial charge is 0.261 e. The highest BCUT2D eigenvalue weighted by Crippen LogP contribution is 2.45. The average Bonchev–Trinajstić information content (AvgIpc) is 2.81. The van der Waals surface area contributed by atoms with Crippen LogP contribution >= 0.6 is 0 Å². The molecule has 0 radical (unpaired) electrons. The lowest BCUT2D eigenvalue weighted by Gasteiger charge is -2.14. The minimum absolute atomic E-state index is 0.199. The Labute approximate surface area is 117 Å². The zero-order valence-electron chi connectivity index (χ0n) is 12.0. The summed E-state index contributed by atoms with van der Waals surface area (Å²) in [4.78, 5) is 25.3. The molecule has 0 fully saturated rings. The predicted octanol–water partition coefficient (Wildman–Crippen LogP) is 1.60. The number of amides is 2. The van der Waals surface area contributed by atoms with Gasteiger partial charge in [-0.15, -0.1) is 0 Å².